The molecular formula is C21H24ClN3O2S. The number of carbonyl (C=O) groups is 2. The molecule has 0 saturated carbocycles. The van der Waals surface area contributed by atoms with Crippen LogP contribution in [0.15, 0.2) is 30.3 Å². The number of hydrogen-bond acceptors (Lipinski definition) is 5. The highest BCUT2D eigenvalue weighted by atomic mass is 35.5. The topological polar surface area (TPSA) is 43.9 Å². The number of amides is 2. The van der Waals surface area contributed by atoms with Crippen molar-refractivity contribution in [1.29, 1.82) is 0 Å². The van der Waals surface area contributed by atoms with Gasteiger partial charge in [-0.2, -0.15) is 0 Å². The number of nitrogens with zero attached hydrogens (tertiary/aromatic N) is 3. The molecule has 0 spiro atoms. The number of aryl methyl sites for hydroxylation is 2. The Morgan fingerprint density at radius 1 is 1.07 bits per heavy atom. The van der Waals surface area contributed by atoms with E-state index in [0.717, 1.165) is 53.9 Å². The van der Waals surface area contributed by atoms with Gasteiger partial charge < -0.3 is 0 Å². The van der Waals surface area contributed by atoms with E-state index in [1.54, 1.807) is 11.3 Å². The quantitative estimate of drug-likeness (QED) is 0.714. The number of thiophene rings is 1. The summed E-state index contributed by atoms with van der Waals surface area (Å²) in [6, 6.07) is 9.51. The molecule has 2 aromatic rings. The van der Waals surface area contributed by atoms with Crippen LogP contribution < -0.4 is 4.90 Å². The molecule has 0 N–H and O–H groups in total. The fourth-order valence-corrected chi connectivity index (χ4v) is 5.23. The Balaban J connectivity index is 1.40. The van der Waals surface area contributed by atoms with Gasteiger partial charge in [0, 0.05) is 37.6 Å². The first kappa shape index (κ1) is 19.6. The van der Waals surface area contributed by atoms with E-state index in [2.05, 4.69) is 15.9 Å². The summed E-state index contributed by atoms with van der Waals surface area (Å²) in [7, 11) is 0. The molecule has 1 atom stereocenters. The number of hydrogen-bond donors (Lipinski definition) is 0. The number of piperazine rings is 1. The maximum atomic E-state index is 13.1. The Bertz CT molecular complexity index is 905. The van der Waals surface area contributed by atoms with Crippen LogP contribution in [0.2, 0.25) is 4.34 Å². The number of halogens is 1. The molecule has 148 valence electrons. The summed E-state index contributed by atoms with van der Waals surface area (Å²) in [6.07, 6.45) is 0.271. The van der Waals surface area contributed by atoms with Crippen LogP contribution in [0.25, 0.3) is 0 Å². The lowest BCUT2D eigenvalue weighted by atomic mass is 10.1. The second kappa shape index (κ2) is 7.95. The van der Waals surface area contributed by atoms with Gasteiger partial charge in [0.05, 0.1) is 22.5 Å². The van der Waals surface area contributed by atoms with Crippen molar-refractivity contribution in [3.8, 4) is 0 Å². The lowest BCUT2D eigenvalue weighted by Crippen LogP contribution is -2.52. The molecule has 2 fully saturated rings. The molecule has 2 saturated heterocycles. The number of carbonyl (C=O) groups excluding carboxylic acids is 2. The van der Waals surface area contributed by atoms with Gasteiger partial charge in [0.1, 0.15) is 0 Å². The lowest BCUT2D eigenvalue weighted by molar-refractivity contribution is -0.123. The molecule has 28 heavy (non-hydrogen) atoms. The van der Waals surface area contributed by atoms with Crippen molar-refractivity contribution in [2.24, 2.45) is 0 Å². The van der Waals surface area contributed by atoms with Crippen LogP contribution in [0.4, 0.5) is 5.69 Å². The molecule has 1 aromatic carbocycles. The largest absolute Gasteiger partial charge is 0.296 e. The van der Waals surface area contributed by atoms with Gasteiger partial charge >= 0.3 is 0 Å². The normalized spacial score (nSPS) is 21.7. The van der Waals surface area contributed by atoms with Crippen LogP contribution in [-0.2, 0) is 16.1 Å². The fourth-order valence-electron chi connectivity index (χ4n) is 4.10. The number of anilines is 1. The van der Waals surface area contributed by atoms with Crippen LogP contribution in [-0.4, -0.2) is 53.8 Å². The summed E-state index contributed by atoms with van der Waals surface area (Å²) >= 11 is 7.63. The fraction of sp³-hybridized carbons (Fsp3) is 0.429. The molecule has 1 aromatic heterocycles. The molecule has 7 heteroatoms. The third kappa shape index (κ3) is 3.87. The molecule has 0 unspecified atom stereocenters. The maximum absolute atomic E-state index is 13.1. The highest BCUT2D eigenvalue weighted by Crippen LogP contribution is 2.30. The molecule has 2 amide bonds. The van der Waals surface area contributed by atoms with Gasteiger partial charge in [-0.15, -0.1) is 11.3 Å². The van der Waals surface area contributed by atoms with Crippen molar-refractivity contribution >= 4 is 40.4 Å². The summed E-state index contributed by atoms with van der Waals surface area (Å²) in [6.45, 7) is 8.21. The smallest absolute Gasteiger partial charge is 0.251 e. The van der Waals surface area contributed by atoms with E-state index < -0.39 is 0 Å². The average Bonchev–Trinajstić information content (AvgIpc) is 3.19. The van der Waals surface area contributed by atoms with E-state index in [9.17, 15) is 9.59 Å². The van der Waals surface area contributed by atoms with Crippen molar-refractivity contribution < 1.29 is 9.59 Å². The first-order chi connectivity index (χ1) is 13.4. The predicted octanol–water partition coefficient (Wildman–Crippen LogP) is 3.47. The Labute approximate surface area is 174 Å². The summed E-state index contributed by atoms with van der Waals surface area (Å²) in [5.41, 5.74) is 2.80. The van der Waals surface area contributed by atoms with Crippen LogP contribution in [0.3, 0.4) is 0 Å². The van der Waals surface area contributed by atoms with E-state index in [1.165, 1.54) is 9.78 Å². The first-order valence-corrected chi connectivity index (χ1v) is 10.8. The molecule has 0 radical (unpaired) electrons. The van der Waals surface area contributed by atoms with E-state index in [-0.39, 0.29) is 24.3 Å². The second-order valence-corrected chi connectivity index (χ2v) is 9.39. The third-order valence-corrected chi connectivity index (χ3v) is 6.79. The molecule has 3 heterocycles. The van der Waals surface area contributed by atoms with Gasteiger partial charge in [-0.25, -0.2) is 4.90 Å². The number of benzene rings is 1. The zero-order valence-electron chi connectivity index (χ0n) is 16.2. The molecule has 0 bridgehead atoms. The summed E-state index contributed by atoms with van der Waals surface area (Å²) < 4.78 is 0.815. The van der Waals surface area contributed by atoms with Gasteiger partial charge in [-0.05, 0) is 37.6 Å². The van der Waals surface area contributed by atoms with Gasteiger partial charge in [0.2, 0.25) is 5.91 Å². The Morgan fingerprint density at radius 2 is 1.82 bits per heavy atom. The van der Waals surface area contributed by atoms with Crippen LogP contribution in [0, 0.1) is 13.8 Å². The molecule has 4 rings (SSSR count). The zero-order valence-corrected chi connectivity index (χ0v) is 17.7. The minimum absolute atomic E-state index is 0.0876. The van der Waals surface area contributed by atoms with Crippen molar-refractivity contribution in [3.63, 3.8) is 0 Å². The zero-order chi connectivity index (χ0) is 19.8. The van der Waals surface area contributed by atoms with Gasteiger partial charge in [0.15, 0.2) is 0 Å². The van der Waals surface area contributed by atoms with Crippen molar-refractivity contribution in [2.45, 2.75) is 32.9 Å². The second-order valence-electron chi connectivity index (χ2n) is 7.60. The summed E-state index contributed by atoms with van der Waals surface area (Å²) in [4.78, 5) is 32.9. The van der Waals surface area contributed by atoms with Crippen molar-refractivity contribution in [2.75, 3.05) is 31.1 Å². The SMILES string of the molecule is Cc1ccc(N2C(=O)C[C@@H](N3CCN(Cc4ccc(Cl)s4)CC3)C2=O)c(C)c1. The van der Waals surface area contributed by atoms with E-state index in [0.29, 0.717) is 0 Å². The van der Waals surface area contributed by atoms with E-state index >= 15 is 0 Å². The maximum Gasteiger partial charge on any atom is 0.251 e. The summed E-state index contributed by atoms with van der Waals surface area (Å²) in [5, 5.41) is 0. The van der Waals surface area contributed by atoms with Gasteiger partial charge in [-0.3, -0.25) is 19.4 Å². The predicted molar refractivity (Wildman–Crippen MR) is 113 cm³/mol. The van der Waals surface area contributed by atoms with Crippen LogP contribution in [0.5, 0.6) is 0 Å². The van der Waals surface area contributed by atoms with Crippen molar-refractivity contribution in [1.82, 2.24) is 9.80 Å². The number of imide groups is 1. The van der Waals surface area contributed by atoms with Crippen molar-refractivity contribution in [3.05, 3.63) is 50.7 Å². The molecule has 5 nitrogen and oxygen atoms in total. The Kier molecular flexibility index (Phi) is 5.56. The first-order valence-electron chi connectivity index (χ1n) is 9.57. The van der Waals surface area contributed by atoms with E-state index in [1.807, 2.05) is 38.1 Å². The third-order valence-electron chi connectivity index (χ3n) is 5.57. The Hall–Kier alpha value is -1.73. The molecule has 0 aliphatic carbocycles. The van der Waals surface area contributed by atoms with Crippen LogP contribution in [0.1, 0.15) is 22.4 Å². The molecule has 2 aliphatic rings. The number of rotatable bonds is 4. The van der Waals surface area contributed by atoms with Crippen LogP contribution >= 0.6 is 22.9 Å². The minimum atomic E-state index is -0.341. The lowest BCUT2D eigenvalue weighted by Gasteiger charge is -2.36. The average molecular weight is 418 g/mol. The standard InChI is InChI=1S/C21H24ClN3O2S/c1-14-3-5-17(15(2)11-14)25-20(26)12-18(21(25)27)24-9-7-23(8-10-24)13-16-4-6-19(22)28-16/h3-6,11,18H,7-10,12-13H2,1-2H3/t18-/m1/s1. The highest BCUT2D eigenvalue weighted by molar-refractivity contribution is 7.16. The van der Waals surface area contributed by atoms with Gasteiger partial charge in [-0.1, -0.05) is 29.3 Å². The molecule has 2 aliphatic heterocycles. The highest BCUT2D eigenvalue weighted by Gasteiger charge is 2.43. The minimum Gasteiger partial charge on any atom is -0.296 e. The summed E-state index contributed by atoms with van der Waals surface area (Å²) in [5.74, 6) is -0.187. The van der Waals surface area contributed by atoms with Gasteiger partial charge in [0.25, 0.3) is 5.91 Å². The monoisotopic (exact) mass is 417 g/mol. The Morgan fingerprint density at radius 3 is 2.46 bits per heavy atom. The molecular weight excluding hydrogens is 394 g/mol. The van der Waals surface area contributed by atoms with E-state index in [4.69, 9.17) is 11.6 Å².